The second kappa shape index (κ2) is 37.1. The number of unbranched alkanes of at least 4 members (excludes halogenated alkanes) is 15. The summed E-state index contributed by atoms with van der Waals surface area (Å²) >= 11 is 0. The number of aliphatic hydroxyl groups excluding tert-OH is 1. The SMILES string of the molecule is CCC=CCC=CCC=CCC=CCC=CCCCCCC(=O)OC(CO)COC(=O)CCCCCCCCCCCCCCC. The van der Waals surface area contributed by atoms with E-state index in [-0.39, 0.29) is 25.2 Å². The highest BCUT2D eigenvalue weighted by atomic mass is 16.6. The molecule has 0 saturated heterocycles. The van der Waals surface area contributed by atoms with E-state index in [4.69, 9.17) is 9.47 Å². The zero-order valence-corrected chi connectivity index (χ0v) is 29.8. The summed E-state index contributed by atoms with van der Waals surface area (Å²) in [6.45, 7) is 3.98. The van der Waals surface area contributed by atoms with Gasteiger partial charge in [0.15, 0.2) is 6.10 Å². The van der Waals surface area contributed by atoms with E-state index in [9.17, 15) is 14.7 Å². The smallest absolute Gasteiger partial charge is 0.306 e. The number of ether oxygens (including phenoxy) is 2. The molecular formula is C41H70O5. The van der Waals surface area contributed by atoms with Crippen molar-refractivity contribution in [3.8, 4) is 0 Å². The first-order valence-corrected chi connectivity index (χ1v) is 18.8. The third-order valence-electron chi connectivity index (χ3n) is 7.83. The van der Waals surface area contributed by atoms with Crippen molar-refractivity contribution in [2.24, 2.45) is 0 Å². The highest BCUT2D eigenvalue weighted by Gasteiger charge is 2.16. The zero-order valence-electron chi connectivity index (χ0n) is 29.8. The maximum Gasteiger partial charge on any atom is 0.306 e. The maximum absolute atomic E-state index is 12.1. The van der Waals surface area contributed by atoms with Crippen LogP contribution < -0.4 is 0 Å². The molecule has 264 valence electrons. The standard InChI is InChI=1S/C41H70O5/c1-3-5-7-9-11-13-15-17-18-19-20-21-22-24-26-28-30-32-34-36-41(44)46-39(37-42)38-45-40(43)35-33-31-29-27-25-23-16-14-12-10-8-6-4-2/h5,7,11,13,17-18,20-21,24,26,39,42H,3-4,6,8-10,12,14-16,19,22-23,25,27-38H2,1-2H3. The van der Waals surface area contributed by atoms with Crippen LogP contribution in [-0.4, -0.2) is 36.4 Å². The fourth-order valence-electron chi connectivity index (χ4n) is 4.99. The Morgan fingerprint density at radius 3 is 1.41 bits per heavy atom. The lowest BCUT2D eigenvalue weighted by Crippen LogP contribution is -2.28. The van der Waals surface area contributed by atoms with Crippen molar-refractivity contribution in [2.75, 3.05) is 13.2 Å². The third-order valence-corrected chi connectivity index (χ3v) is 7.83. The Morgan fingerprint density at radius 1 is 0.522 bits per heavy atom. The monoisotopic (exact) mass is 643 g/mol. The second-order valence-electron chi connectivity index (χ2n) is 12.3. The van der Waals surface area contributed by atoms with Crippen molar-refractivity contribution < 1.29 is 24.2 Å². The normalized spacial score (nSPS) is 12.8. The molecule has 0 rings (SSSR count). The summed E-state index contributed by atoms with van der Waals surface area (Å²) in [7, 11) is 0. The molecule has 0 heterocycles. The first-order valence-electron chi connectivity index (χ1n) is 18.8. The molecule has 1 unspecified atom stereocenters. The number of hydrogen-bond acceptors (Lipinski definition) is 5. The van der Waals surface area contributed by atoms with Crippen molar-refractivity contribution in [3.05, 3.63) is 60.8 Å². The molecule has 0 amide bonds. The summed E-state index contributed by atoms with van der Waals surface area (Å²) in [5.74, 6) is -0.630. The van der Waals surface area contributed by atoms with E-state index in [2.05, 4.69) is 74.6 Å². The molecule has 0 aromatic rings. The molecule has 46 heavy (non-hydrogen) atoms. The molecule has 0 radical (unpaired) electrons. The average Bonchev–Trinajstić information content (AvgIpc) is 3.06. The molecular weight excluding hydrogens is 572 g/mol. The highest BCUT2D eigenvalue weighted by molar-refractivity contribution is 5.70. The van der Waals surface area contributed by atoms with E-state index < -0.39 is 6.10 Å². The number of aliphatic hydroxyl groups is 1. The summed E-state index contributed by atoms with van der Waals surface area (Å²) in [4.78, 5) is 24.2. The van der Waals surface area contributed by atoms with Crippen LogP contribution in [-0.2, 0) is 19.1 Å². The van der Waals surface area contributed by atoms with Crippen LogP contribution in [0.15, 0.2) is 60.8 Å². The first kappa shape index (κ1) is 43.6. The number of rotatable bonds is 33. The van der Waals surface area contributed by atoms with Gasteiger partial charge in [-0.05, 0) is 57.8 Å². The van der Waals surface area contributed by atoms with E-state index in [0.29, 0.717) is 12.8 Å². The molecule has 0 aliphatic heterocycles. The van der Waals surface area contributed by atoms with Crippen LogP contribution in [0.4, 0.5) is 0 Å². The minimum atomic E-state index is -0.788. The van der Waals surface area contributed by atoms with Gasteiger partial charge in [0, 0.05) is 12.8 Å². The fourth-order valence-corrected chi connectivity index (χ4v) is 4.99. The van der Waals surface area contributed by atoms with Crippen molar-refractivity contribution in [1.29, 1.82) is 0 Å². The van der Waals surface area contributed by atoms with Gasteiger partial charge in [-0.2, -0.15) is 0 Å². The van der Waals surface area contributed by atoms with Gasteiger partial charge >= 0.3 is 11.9 Å². The summed E-state index contributed by atoms with van der Waals surface area (Å²) < 4.78 is 10.6. The van der Waals surface area contributed by atoms with Crippen LogP contribution in [0.3, 0.4) is 0 Å². The molecule has 0 aliphatic carbocycles. The van der Waals surface area contributed by atoms with Crippen molar-refractivity contribution in [1.82, 2.24) is 0 Å². The topological polar surface area (TPSA) is 72.8 Å². The quantitative estimate of drug-likeness (QED) is 0.0438. The molecule has 1 N–H and O–H groups in total. The fraction of sp³-hybridized carbons (Fsp3) is 0.707. The maximum atomic E-state index is 12.1. The Hall–Kier alpha value is -2.40. The molecule has 5 nitrogen and oxygen atoms in total. The van der Waals surface area contributed by atoms with Crippen molar-refractivity contribution >= 4 is 11.9 Å². The van der Waals surface area contributed by atoms with E-state index in [1.165, 1.54) is 64.2 Å². The van der Waals surface area contributed by atoms with Crippen LogP contribution in [0.2, 0.25) is 0 Å². The lowest BCUT2D eigenvalue weighted by molar-refractivity contribution is -0.161. The largest absolute Gasteiger partial charge is 0.462 e. The summed E-state index contributed by atoms with van der Waals surface area (Å²) in [5.41, 5.74) is 0. The summed E-state index contributed by atoms with van der Waals surface area (Å²) in [5, 5.41) is 9.53. The molecule has 1 atom stereocenters. The van der Waals surface area contributed by atoms with Gasteiger partial charge in [-0.15, -0.1) is 0 Å². The van der Waals surface area contributed by atoms with Crippen LogP contribution in [0.1, 0.15) is 168 Å². The number of esters is 2. The van der Waals surface area contributed by atoms with Crippen LogP contribution >= 0.6 is 0 Å². The second-order valence-corrected chi connectivity index (χ2v) is 12.3. The molecule has 0 aliphatic rings. The zero-order chi connectivity index (χ0) is 33.6. The lowest BCUT2D eigenvalue weighted by Gasteiger charge is -2.15. The minimum Gasteiger partial charge on any atom is -0.462 e. The highest BCUT2D eigenvalue weighted by Crippen LogP contribution is 2.13. The Morgan fingerprint density at radius 2 is 0.935 bits per heavy atom. The Balaban J connectivity index is 3.66. The molecule has 0 bridgehead atoms. The van der Waals surface area contributed by atoms with Gasteiger partial charge in [0.25, 0.3) is 0 Å². The number of hydrogen-bond donors (Lipinski definition) is 1. The number of allylic oxidation sites excluding steroid dienone is 10. The average molecular weight is 643 g/mol. The Kier molecular flexibility index (Phi) is 35.1. The van der Waals surface area contributed by atoms with Gasteiger partial charge in [0.2, 0.25) is 0 Å². The van der Waals surface area contributed by atoms with E-state index in [0.717, 1.165) is 77.0 Å². The Labute approximate surface area is 283 Å². The summed E-state index contributed by atoms with van der Waals surface area (Å²) in [6.07, 6.45) is 47.0. The van der Waals surface area contributed by atoms with E-state index in [1.54, 1.807) is 0 Å². The lowest BCUT2D eigenvalue weighted by atomic mass is 10.0. The van der Waals surface area contributed by atoms with E-state index >= 15 is 0 Å². The van der Waals surface area contributed by atoms with Gasteiger partial charge in [-0.25, -0.2) is 0 Å². The number of carbonyl (C=O) groups is 2. The van der Waals surface area contributed by atoms with Gasteiger partial charge in [0.05, 0.1) is 6.61 Å². The van der Waals surface area contributed by atoms with Crippen molar-refractivity contribution in [3.63, 3.8) is 0 Å². The minimum absolute atomic E-state index is 0.0798. The molecule has 0 aromatic carbocycles. The van der Waals surface area contributed by atoms with Gasteiger partial charge in [-0.1, -0.05) is 158 Å². The van der Waals surface area contributed by atoms with Crippen molar-refractivity contribution in [2.45, 2.75) is 174 Å². The van der Waals surface area contributed by atoms with Crippen LogP contribution in [0.25, 0.3) is 0 Å². The van der Waals surface area contributed by atoms with Gasteiger partial charge < -0.3 is 14.6 Å². The molecule has 5 heteroatoms. The first-order chi connectivity index (χ1) is 22.6. The van der Waals surface area contributed by atoms with E-state index in [1.807, 2.05) is 0 Å². The van der Waals surface area contributed by atoms with Crippen LogP contribution in [0.5, 0.6) is 0 Å². The predicted octanol–water partition coefficient (Wildman–Crippen LogP) is 11.6. The number of carbonyl (C=O) groups excluding carboxylic acids is 2. The Bertz CT molecular complexity index is 823. The van der Waals surface area contributed by atoms with Crippen LogP contribution in [0, 0.1) is 0 Å². The third kappa shape index (κ3) is 34.5. The van der Waals surface area contributed by atoms with Gasteiger partial charge in [-0.3, -0.25) is 9.59 Å². The molecule has 0 aromatic heterocycles. The predicted molar refractivity (Wildman–Crippen MR) is 196 cm³/mol. The summed E-state index contributed by atoms with van der Waals surface area (Å²) in [6, 6.07) is 0. The van der Waals surface area contributed by atoms with Gasteiger partial charge in [0.1, 0.15) is 6.61 Å². The molecule has 0 spiro atoms. The molecule has 0 saturated carbocycles. The molecule has 0 fully saturated rings.